The Labute approximate surface area is 131 Å². The minimum atomic E-state index is 0.670. The van der Waals surface area contributed by atoms with Gasteiger partial charge in [-0.05, 0) is 25.5 Å². The van der Waals surface area contributed by atoms with Gasteiger partial charge in [0.15, 0.2) is 5.96 Å². The highest BCUT2D eigenvalue weighted by Gasteiger charge is 2.01. The van der Waals surface area contributed by atoms with Crippen molar-refractivity contribution in [2.24, 2.45) is 4.99 Å². The molecule has 6 nitrogen and oxygen atoms in total. The van der Waals surface area contributed by atoms with Crippen molar-refractivity contribution in [3.8, 4) is 0 Å². The Hall–Kier alpha value is -2.08. The molecule has 22 heavy (non-hydrogen) atoms. The van der Waals surface area contributed by atoms with E-state index < -0.39 is 0 Å². The highest BCUT2D eigenvalue weighted by molar-refractivity contribution is 5.79. The zero-order valence-electron chi connectivity index (χ0n) is 13.4. The maximum absolute atomic E-state index is 5.02. The Morgan fingerprint density at radius 1 is 1.32 bits per heavy atom. The first-order valence-electron chi connectivity index (χ1n) is 7.78. The van der Waals surface area contributed by atoms with Gasteiger partial charge in [-0.25, -0.2) is 4.98 Å². The highest BCUT2D eigenvalue weighted by atomic mass is 16.5. The molecule has 3 N–H and O–H groups in total. The molecule has 0 aliphatic rings. The third kappa shape index (κ3) is 5.04. The van der Waals surface area contributed by atoms with Crippen LogP contribution in [0.2, 0.25) is 0 Å². The van der Waals surface area contributed by atoms with Crippen molar-refractivity contribution in [2.45, 2.75) is 19.8 Å². The van der Waals surface area contributed by atoms with Crippen molar-refractivity contribution in [3.63, 3.8) is 0 Å². The molecule has 0 radical (unpaired) electrons. The van der Waals surface area contributed by atoms with Crippen molar-refractivity contribution in [1.82, 2.24) is 20.6 Å². The molecule has 0 unspecified atom stereocenters. The van der Waals surface area contributed by atoms with Crippen LogP contribution >= 0.6 is 0 Å². The van der Waals surface area contributed by atoms with Crippen LogP contribution in [0.25, 0.3) is 11.0 Å². The summed E-state index contributed by atoms with van der Waals surface area (Å²) in [7, 11) is 1.69. The van der Waals surface area contributed by atoms with Crippen LogP contribution in [0.5, 0.6) is 0 Å². The quantitative estimate of drug-likeness (QED) is 0.394. The third-order valence-electron chi connectivity index (χ3n) is 3.22. The molecule has 0 saturated carbocycles. The Bertz CT molecular complexity index is 560. The second-order valence-electron chi connectivity index (χ2n) is 4.98. The van der Waals surface area contributed by atoms with E-state index in [0.717, 1.165) is 55.3 Å². The lowest BCUT2D eigenvalue weighted by Crippen LogP contribution is -2.39. The van der Waals surface area contributed by atoms with Crippen LogP contribution in [0.4, 0.5) is 0 Å². The monoisotopic (exact) mass is 303 g/mol. The van der Waals surface area contributed by atoms with Gasteiger partial charge < -0.3 is 20.4 Å². The number of nitrogens with one attached hydrogen (secondary N) is 3. The molecule has 1 aromatic carbocycles. The topological polar surface area (TPSA) is 74.3 Å². The predicted molar refractivity (Wildman–Crippen MR) is 90.3 cm³/mol. The van der Waals surface area contributed by atoms with Crippen LogP contribution in [0.3, 0.4) is 0 Å². The fraction of sp³-hybridized carbons (Fsp3) is 0.500. The van der Waals surface area contributed by atoms with Gasteiger partial charge in [-0.1, -0.05) is 12.1 Å². The second kappa shape index (κ2) is 9.04. The number of methoxy groups -OCH3 is 1. The standard InChI is InChI=1S/C16H25N5O/c1-3-17-16(19-11-12-22-2)18-10-6-9-15-20-13-7-4-5-8-14(13)21-15/h4-5,7-8H,3,6,9-12H2,1-2H3,(H,20,21)(H2,17,18,19). The lowest BCUT2D eigenvalue weighted by Gasteiger charge is -2.10. The number of H-pyrrole nitrogens is 1. The molecule has 1 aromatic heterocycles. The van der Waals surface area contributed by atoms with Crippen LogP contribution in [-0.4, -0.2) is 49.3 Å². The molecular formula is C16H25N5O. The number of aliphatic imine (C=N–C) groups is 1. The second-order valence-corrected chi connectivity index (χ2v) is 4.98. The van der Waals surface area contributed by atoms with E-state index in [2.05, 4.69) is 32.5 Å². The van der Waals surface area contributed by atoms with E-state index in [-0.39, 0.29) is 0 Å². The van der Waals surface area contributed by atoms with Gasteiger partial charge in [0.2, 0.25) is 0 Å². The summed E-state index contributed by atoms with van der Waals surface area (Å²) >= 11 is 0. The smallest absolute Gasteiger partial charge is 0.191 e. The van der Waals surface area contributed by atoms with Crippen LogP contribution < -0.4 is 10.6 Å². The fourth-order valence-corrected chi connectivity index (χ4v) is 2.17. The summed E-state index contributed by atoms with van der Waals surface area (Å²) in [6.07, 6.45) is 1.86. The van der Waals surface area contributed by atoms with Crippen molar-refractivity contribution < 1.29 is 4.74 Å². The number of aromatic amines is 1. The van der Waals surface area contributed by atoms with Crippen LogP contribution in [-0.2, 0) is 11.2 Å². The number of aromatic nitrogens is 2. The maximum atomic E-state index is 5.02. The highest BCUT2D eigenvalue weighted by Crippen LogP contribution is 2.11. The van der Waals surface area contributed by atoms with Crippen molar-refractivity contribution in [3.05, 3.63) is 30.1 Å². The molecule has 1 heterocycles. The van der Waals surface area contributed by atoms with Crippen LogP contribution in [0.1, 0.15) is 19.2 Å². The Morgan fingerprint density at radius 2 is 2.18 bits per heavy atom. The van der Waals surface area contributed by atoms with E-state index >= 15 is 0 Å². The molecule has 120 valence electrons. The first kappa shape index (κ1) is 16.3. The van der Waals surface area contributed by atoms with E-state index in [0.29, 0.717) is 6.61 Å². The Morgan fingerprint density at radius 3 is 2.95 bits per heavy atom. The Kier molecular flexibility index (Phi) is 6.70. The number of nitrogens with zero attached hydrogens (tertiary/aromatic N) is 2. The van der Waals surface area contributed by atoms with E-state index in [4.69, 9.17) is 4.74 Å². The molecule has 2 aromatic rings. The number of ether oxygens (including phenoxy) is 1. The number of benzene rings is 1. The molecule has 0 bridgehead atoms. The number of rotatable bonds is 8. The zero-order chi connectivity index (χ0) is 15.6. The molecule has 6 heteroatoms. The molecule has 0 aliphatic carbocycles. The number of hydrogen-bond donors (Lipinski definition) is 3. The lowest BCUT2D eigenvalue weighted by atomic mass is 10.3. The van der Waals surface area contributed by atoms with Crippen LogP contribution in [0, 0.1) is 0 Å². The third-order valence-corrected chi connectivity index (χ3v) is 3.22. The van der Waals surface area contributed by atoms with Gasteiger partial charge in [0.1, 0.15) is 5.82 Å². The summed E-state index contributed by atoms with van der Waals surface area (Å²) in [6, 6.07) is 8.10. The number of guanidine groups is 1. The number of para-hydroxylation sites is 2. The molecule has 0 spiro atoms. The van der Waals surface area contributed by atoms with E-state index in [1.165, 1.54) is 0 Å². The predicted octanol–water partition coefficient (Wildman–Crippen LogP) is 1.70. The minimum Gasteiger partial charge on any atom is -0.383 e. The first-order chi connectivity index (χ1) is 10.8. The summed E-state index contributed by atoms with van der Waals surface area (Å²) in [5.41, 5.74) is 2.12. The maximum Gasteiger partial charge on any atom is 0.191 e. The normalized spacial score (nSPS) is 11.8. The lowest BCUT2D eigenvalue weighted by molar-refractivity contribution is 0.203. The number of imidazole rings is 1. The zero-order valence-corrected chi connectivity index (χ0v) is 13.4. The van der Waals surface area contributed by atoms with E-state index in [9.17, 15) is 0 Å². The SMILES string of the molecule is CCNC(=NCCCc1nc2ccccc2[nH]1)NCCOC. The minimum absolute atomic E-state index is 0.670. The van der Waals surface area contributed by atoms with Gasteiger partial charge in [-0.15, -0.1) is 0 Å². The molecule has 0 aliphatic heterocycles. The van der Waals surface area contributed by atoms with Crippen molar-refractivity contribution in [1.29, 1.82) is 0 Å². The molecule has 0 saturated heterocycles. The molecule has 0 amide bonds. The summed E-state index contributed by atoms with van der Waals surface area (Å²) in [5, 5.41) is 6.45. The van der Waals surface area contributed by atoms with Gasteiger partial charge >= 0.3 is 0 Å². The summed E-state index contributed by atoms with van der Waals surface area (Å²) in [4.78, 5) is 12.5. The van der Waals surface area contributed by atoms with Gasteiger partial charge in [-0.2, -0.15) is 0 Å². The van der Waals surface area contributed by atoms with Crippen molar-refractivity contribution >= 4 is 17.0 Å². The van der Waals surface area contributed by atoms with E-state index in [1.807, 2.05) is 24.3 Å². The van der Waals surface area contributed by atoms with Gasteiger partial charge in [0.05, 0.1) is 17.6 Å². The molecule has 0 fully saturated rings. The van der Waals surface area contributed by atoms with Gasteiger partial charge in [-0.3, -0.25) is 4.99 Å². The van der Waals surface area contributed by atoms with Crippen molar-refractivity contribution in [2.75, 3.05) is 33.4 Å². The van der Waals surface area contributed by atoms with Gasteiger partial charge in [0.25, 0.3) is 0 Å². The Balaban J connectivity index is 1.79. The number of fused-ring (bicyclic) bond motifs is 1. The number of aryl methyl sites for hydroxylation is 1. The molecule has 0 atom stereocenters. The molecule has 2 rings (SSSR count). The molecular weight excluding hydrogens is 278 g/mol. The average Bonchev–Trinajstić information content (AvgIpc) is 2.94. The largest absolute Gasteiger partial charge is 0.383 e. The average molecular weight is 303 g/mol. The van der Waals surface area contributed by atoms with Crippen LogP contribution in [0.15, 0.2) is 29.3 Å². The summed E-state index contributed by atoms with van der Waals surface area (Å²) < 4.78 is 5.02. The fourth-order valence-electron chi connectivity index (χ4n) is 2.17. The summed E-state index contributed by atoms with van der Waals surface area (Å²) in [6.45, 7) is 5.10. The summed E-state index contributed by atoms with van der Waals surface area (Å²) in [5.74, 6) is 1.86. The van der Waals surface area contributed by atoms with E-state index in [1.54, 1.807) is 7.11 Å². The van der Waals surface area contributed by atoms with Gasteiger partial charge in [0, 0.05) is 33.2 Å². The first-order valence-corrected chi connectivity index (χ1v) is 7.78. The number of hydrogen-bond acceptors (Lipinski definition) is 3.